The summed E-state index contributed by atoms with van der Waals surface area (Å²) in [5.74, 6) is -2.41. The van der Waals surface area contributed by atoms with Crippen molar-refractivity contribution in [2.45, 2.75) is 18.7 Å². The number of halogens is 2. The van der Waals surface area contributed by atoms with Crippen LogP contribution in [0.25, 0.3) is 0 Å². The predicted molar refractivity (Wildman–Crippen MR) is 83.2 cm³/mol. The Morgan fingerprint density at radius 2 is 1.73 bits per heavy atom. The lowest BCUT2D eigenvalue weighted by Gasteiger charge is -2.33. The summed E-state index contributed by atoms with van der Waals surface area (Å²) in [6.07, 6.45) is 5.33. The topological polar surface area (TPSA) is 114 Å². The molecule has 0 saturated heterocycles. The molecule has 0 saturated carbocycles. The molecule has 0 aliphatic rings. The first kappa shape index (κ1) is 17.6. The Morgan fingerprint density at radius 3 is 2.19 bits per heavy atom. The minimum atomic E-state index is -1.60. The van der Waals surface area contributed by atoms with Crippen LogP contribution in [0, 0.1) is 11.6 Å². The second kappa shape index (κ2) is 7.35. The molecule has 2 aromatic heterocycles. The summed E-state index contributed by atoms with van der Waals surface area (Å²) in [7, 11) is 0. The molecule has 0 fully saturated rings. The van der Waals surface area contributed by atoms with E-state index in [1.54, 1.807) is 0 Å². The van der Waals surface area contributed by atoms with E-state index in [1.165, 1.54) is 40.7 Å². The minimum absolute atomic E-state index is 0.0494. The van der Waals surface area contributed by atoms with Gasteiger partial charge in [-0.2, -0.15) is 10.2 Å². The molecule has 0 bridgehead atoms. The number of carbonyl (C=O) groups excluding carboxylic acids is 1. The van der Waals surface area contributed by atoms with Crippen LogP contribution in [0.2, 0.25) is 0 Å². The van der Waals surface area contributed by atoms with E-state index < -0.39 is 29.7 Å². The van der Waals surface area contributed by atoms with Crippen molar-refractivity contribution in [2.75, 3.05) is 6.54 Å². The van der Waals surface area contributed by atoms with E-state index in [9.17, 15) is 13.6 Å². The van der Waals surface area contributed by atoms with Gasteiger partial charge in [0.2, 0.25) is 0 Å². The Morgan fingerprint density at radius 1 is 1.12 bits per heavy atom. The van der Waals surface area contributed by atoms with E-state index in [4.69, 9.17) is 10.5 Å². The van der Waals surface area contributed by atoms with Gasteiger partial charge in [-0.25, -0.2) is 28.1 Å². The summed E-state index contributed by atoms with van der Waals surface area (Å²) in [6, 6.07) is 3.00. The van der Waals surface area contributed by atoms with E-state index in [1.807, 2.05) is 0 Å². The van der Waals surface area contributed by atoms with Crippen molar-refractivity contribution in [1.82, 2.24) is 29.5 Å². The average molecular weight is 363 g/mol. The Labute approximate surface area is 146 Å². The monoisotopic (exact) mass is 363 g/mol. The van der Waals surface area contributed by atoms with Crippen LogP contribution in [-0.2, 0) is 28.2 Å². The second-order valence-electron chi connectivity index (χ2n) is 5.48. The van der Waals surface area contributed by atoms with Gasteiger partial charge in [-0.3, -0.25) is 4.79 Å². The molecule has 0 atom stereocenters. The number of nitrogens with zero attached hydrogens (tertiary/aromatic N) is 6. The van der Waals surface area contributed by atoms with E-state index in [2.05, 4.69) is 20.2 Å². The number of aromatic nitrogens is 6. The van der Waals surface area contributed by atoms with Gasteiger partial charge in [0.1, 0.15) is 36.9 Å². The molecular formula is C15H15F2N7O2. The molecule has 0 aliphatic carbocycles. The van der Waals surface area contributed by atoms with E-state index in [0.29, 0.717) is 6.07 Å². The number of hydrogen-bond acceptors (Lipinski definition) is 7. The summed E-state index contributed by atoms with van der Waals surface area (Å²) in [5.41, 5.74) is 3.72. The fraction of sp³-hybridized carbons (Fsp3) is 0.267. The summed E-state index contributed by atoms with van der Waals surface area (Å²) in [4.78, 5) is 19.7. The first-order chi connectivity index (χ1) is 12.5. The van der Waals surface area contributed by atoms with Crippen molar-refractivity contribution in [2.24, 2.45) is 5.73 Å². The number of carbonyl (C=O) groups is 1. The number of rotatable bonds is 7. The number of benzene rings is 1. The molecule has 0 radical (unpaired) electrons. The highest BCUT2D eigenvalue weighted by atomic mass is 19.1. The zero-order chi connectivity index (χ0) is 18.6. The lowest BCUT2D eigenvalue weighted by atomic mass is 9.92. The maximum Gasteiger partial charge on any atom is 0.320 e. The molecule has 1 aromatic carbocycles. The van der Waals surface area contributed by atoms with Crippen LogP contribution >= 0.6 is 0 Å². The second-order valence-corrected chi connectivity index (χ2v) is 5.48. The van der Waals surface area contributed by atoms with E-state index in [0.717, 1.165) is 6.07 Å². The summed E-state index contributed by atoms with van der Waals surface area (Å²) >= 11 is 0. The largest absolute Gasteiger partial charge is 0.449 e. The first-order valence-corrected chi connectivity index (χ1v) is 7.55. The van der Waals surface area contributed by atoms with Gasteiger partial charge in [0.25, 0.3) is 0 Å². The molecule has 0 spiro atoms. The van der Waals surface area contributed by atoms with E-state index in [-0.39, 0.29) is 18.7 Å². The zero-order valence-corrected chi connectivity index (χ0v) is 13.5. The van der Waals surface area contributed by atoms with Crippen LogP contribution in [0.1, 0.15) is 5.56 Å². The summed E-state index contributed by atoms with van der Waals surface area (Å²) < 4.78 is 36.3. The molecule has 2 heterocycles. The third-order valence-corrected chi connectivity index (χ3v) is 3.67. The number of nitrogens with two attached hydrogens (primary N) is 1. The molecule has 3 rings (SSSR count). The van der Waals surface area contributed by atoms with Gasteiger partial charge in [0.15, 0.2) is 5.60 Å². The average Bonchev–Trinajstić information content (AvgIpc) is 3.28. The van der Waals surface area contributed by atoms with Gasteiger partial charge in [0.05, 0.1) is 19.6 Å². The molecule has 9 nitrogen and oxygen atoms in total. The van der Waals surface area contributed by atoms with Gasteiger partial charge in [-0.15, -0.1) is 0 Å². The van der Waals surface area contributed by atoms with Crippen molar-refractivity contribution in [3.63, 3.8) is 0 Å². The molecule has 0 unspecified atom stereocenters. The lowest BCUT2D eigenvalue weighted by molar-refractivity contribution is -0.164. The Bertz CT molecular complexity index is 832. The van der Waals surface area contributed by atoms with Gasteiger partial charge in [-0.1, -0.05) is 0 Å². The third-order valence-electron chi connectivity index (χ3n) is 3.67. The van der Waals surface area contributed by atoms with Gasteiger partial charge in [-0.05, 0) is 12.1 Å². The van der Waals surface area contributed by atoms with Crippen molar-refractivity contribution in [1.29, 1.82) is 0 Å². The molecule has 26 heavy (non-hydrogen) atoms. The van der Waals surface area contributed by atoms with Gasteiger partial charge in [0, 0.05) is 11.6 Å². The number of hydrogen-bond donors (Lipinski definition) is 1. The zero-order valence-electron chi connectivity index (χ0n) is 13.5. The predicted octanol–water partition coefficient (Wildman–Crippen LogP) is 0.245. The SMILES string of the molecule is NCC(=O)OC(Cn1cncn1)(Cn1cncn1)c1ccc(F)cc1F. The fourth-order valence-electron chi connectivity index (χ4n) is 2.61. The van der Waals surface area contributed by atoms with Gasteiger partial charge < -0.3 is 10.5 Å². The van der Waals surface area contributed by atoms with Crippen LogP contribution in [0.5, 0.6) is 0 Å². The summed E-state index contributed by atoms with van der Waals surface area (Å²) in [6.45, 7) is -0.610. The van der Waals surface area contributed by atoms with Crippen molar-refractivity contribution >= 4 is 5.97 Å². The number of ether oxygens (including phenoxy) is 1. The highest BCUT2D eigenvalue weighted by Crippen LogP contribution is 2.32. The normalized spacial score (nSPS) is 11.5. The molecule has 0 amide bonds. The number of esters is 1. The van der Waals surface area contributed by atoms with Gasteiger partial charge >= 0.3 is 5.97 Å². The first-order valence-electron chi connectivity index (χ1n) is 7.55. The third kappa shape index (κ3) is 3.72. The highest BCUT2D eigenvalue weighted by Gasteiger charge is 2.41. The maximum atomic E-state index is 14.6. The smallest absolute Gasteiger partial charge is 0.320 e. The summed E-state index contributed by atoms with van der Waals surface area (Å²) in [5, 5.41) is 7.95. The van der Waals surface area contributed by atoms with Crippen molar-refractivity contribution in [3.05, 3.63) is 60.7 Å². The van der Waals surface area contributed by atoms with E-state index >= 15 is 0 Å². The highest BCUT2D eigenvalue weighted by molar-refractivity contribution is 5.72. The minimum Gasteiger partial charge on any atom is -0.449 e. The molecule has 11 heteroatoms. The molecule has 3 aromatic rings. The van der Waals surface area contributed by atoms with Crippen LogP contribution in [0.3, 0.4) is 0 Å². The van der Waals surface area contributed by atoms with Crippen LogP contribution in [0.15, 0.2) is 43.5 Å². The van der Waals surface area contributed by atoms with Crippen molar-refractivity contribution in [3.8, 4) is 0 Å². The standard InChI is InChI=1S/C15H15F2N7O2/c16-11-1-2-12(13(17)3-11)15(26-14(25)4-18,5-23-9-19-7-21-23)6-24-10-20-8-22-24/h1-3,7-10H,4-6,18H2. The Hall–Kier alpha value is -3.21. The van der Waals surface area contributed by atoms with Crippen molar-refractivity contribution < 1.29 is 18.3 Å². The molecular weight excluding hydrogens is 348 g/mol. The Balaban J connectivity index is 2.13. The molecule has 0 aliphatic heterocycles. The molecule has 136 valence electrons. The fourth-order valence-corrected chi connectivity index (χ4v) is 2.61. The van der Waals surface area contributed by atoms with Crippen LogP contribution < -0.4 is 5.73 Å². The maximum absolute atomic E-state index is 14.6. The van der Waals surface area contributed by atoms with Crippen LogP contribution in [-0.4, -0.2) is 42.0 Å². The quantitative estimate of drug-likeness (QED) is 0.598. The Kier molecular flexibility index (Phi) is 4.98. The molecule has 2 N–H and O–H groups in total. The lowest BCUT2D eigenvalue weighted by Crippen LogP contribution is -2.43. The van der Waals surface area contributed by atoms with Crippen LogP contribution in [0.4, 0.5) is 8.78 Å².